The Kier molecular flexibility index (Phi) is 5.76. The fraction of sp³-hybridized carbons (Fsp3) is 0.500. The summed E-state index contributed by atoms with van der Waals surface area (Å²) in [4.78, 5) is 50.1. The van der Waals surface area contributed by atoms with Gasteiger partial charge in [-0.1, -0.05) is 0 Å². The Balaban J connectivity index is 1.67. The van der Waals surface area contributed by atoms with E-state index in [2.05, 4.69) is 5.32 Å². The van der Waals surface area contributed by atoms with Crippen LogP contribution in [0.15, 0.2) is 12.1 Å². The molecule has 1 fully saturated rings. The third-order valence-corrected chi connectivity index (χ3v) is 4.76. The summed E-state index contributed by atoms with van der Waals surface area (Å²) in [6, 6.07) is 2.51. The van der Waals surface area contributed by atoms with Crippen LogP contribution in [0.5, 0.6) is 11.5 Å². The second kappa shape index (κ2) is 8.10. The smallest absolute Gasteiger partial charge is 0.334 e. The quantitative estimate of drug-likeness (QED) is 0.542. The van der Waals surface area contributed by atoms with E-state index < -0.39 is 36.3 Å². The number of hydrogen-bond acceptors (Lipinski definition) is 6. The largest absolute Gasteiger partial charge is 0.494 e. The average molecular weight is 403 g/mol. The van der Waals surface area contributed by atoms with E-state index in [4.69, 9.17) is 9.47 Å². The summed E-state index contributed by atoms with van der Waals surface area (Å²) >= 11 is 0. The van der Waals surface area contributed by atoms with Gasteiger partial charge in [0.25, 0.3) is 0 Å². The molecule has 0 radical (unpaired) electrons. The zero-order chi connectivity index (χ0) is 21.3. The number of fused-ring (bicyclic) bond motifs is 1. The van der Waals surface area contributed by atoms with Crippen LogP contribution in [0.3, 0.4) is 0 Å². The van der Waals surface area contributed by atoms with Crippen molar-refractivity contribution in [3.8, 4) is 11.5 Å². The van der Waals surface area contributed by atoms with Crippen molar-refractivity contribution in [2.45, 2.75) is 52.8 Å². The standard InChI is InChI=1S/C20H25N3O6/c1-5-28-15-7-13-6-12(4)29-16(13)8-14(15)9-21-17(24)10-22-18(25)19(26)23(11(2)3)20(22)27/h7-8,11-12H,5-6,9-10H2,1-4H3,(H,21,24)/t12-/m1/s1. The first-order valence-electron chi connectivity index (χ1n) is 9.63. The molecule has 29 heavy (non-hydrogen) atoms. The summed E-state index contributed by atoms with van der Waals surface area (Å²) < 4.78 is 11.4. The minimum Gasteiger partial charge on any atom is -0.494 e. The van der Waals surface area contributed by atoms with Crippen LogP contribution in [0.2, 0.25) is 0 Å². The van der Waals surface area contributed by atoms with E-state index in [0.29, 0.717) is 17.3 Å². The lowest BCUT2D eigenvalue weighted by atomic mass is 10.1. The number of rotatable bonds is 7. The van der Waals surface area contributed by atoms with Gasteiger partial charge in [0.2, 0.25) is 5.91 Å². The van der Waals surface area contributed by atoms with Crippen LogP contribution in [0, 0.1) is 0 Å². The molecule has 0 bridgehead atoms. The van der Waals surface area contributed by atoms with Gasteiger partial charge in [-0.25, -0.2) is 9.69 Å². The van der Waals surface area contributed by atoms with E-state index >= 15 is 0 Å². The van der Waals surface area contributed by atoms with Crippen LogP contribution in [0.25, 0.3) is 0 Å². The molecular weight excluding hydrogens is 378 g/mol. The lowest BCUT2D eigenvalue weighted by Crippen LogP contribution is -2.42. The first-order valence-corrected chi connectivity index (χ1v) is 9.63. The average Bonchev–Trinajstić information content (AvgIpc) is 3.11. The van der Waals surface area contributed by atoms with Gasteiger partial charge < -0.3 is 14.8 Å². The van der Waals surface area contributed by atoms with E-state index in [9.17, 15) is 19.2 Å². The molecule has 0 aromatic heterocycles. The second-order valence-electron chi connectivity index (χ2n) is 7.35. The number of nitrogens with one attached hydrogen (secondary N) is 1. The Bertz CT molecular complexity index is 866. The summed E-state index contributed by atoms with van der Waals surface area (Å²) in [6.07, 6.45) is 0.875. The van der Waals surface area contributed by atoms with Gasteiger partial charge in [0, 0.05) is 30.1 Å². The molecule has 0 saturated carbocycles. The normalized spacial score (nSPS) is 18.4. The summed E-state index contributed by atoms with van der Waals surface area (Å²) in [7, 11) is 0. The van der Waals surface area contributed by atoms with Crippen LogP contribution in [0.1, 0.15) is 38.8 Å². The van der Waals surface area contributed by atoms with Crippen LogP contribution < -0.4 is 14.8 Å². The van der Waals surface area contributed by atoms with Gasteiger partial charge >= 0.3 is 17.8 Å². The number of amides is 5. The minimum atomic E-state index is -0.992. The second-order valence-corrected chi connectivity index (χ2v) is 7.35. The molecule has 2 aliphatic rings. The molecule has 0 spiro atoms. The van der Waals surface area contributed by atoms with E-state index in [1.54, 1.807) is 13.8 Å². The molecule has 1 atom stereocenters. The number of benzene rings is 1. The van der Waals surface area contributed by atoms with Gasteiger partial charge in [0.15, 0.2) is 0 Å². The van der Waals surface area contributed by atoms with Crippen LogP contribution >= 0.6 is 0 Å². The van der Waals surface area contributed by atoms with Gasteiger partial charge in [0.1, 0.15) is 24.1 Å². The van der Waals surface area contributed by atoms with Crippen molar-refractivity contribution < 1.29 is 28.7 Å². The number of imide groups is 2. The highest BCUT2D eigenvalue weighted by Crippen LogP contribution is 2.35. The molecule has 0 aliphatic carbocycles. The third-order valence-electron chi connectivity index (χ3n) is 4.76. The van der Waals surface area contributed by atoms with E-state index in [0.717, 1.165) is 28.2 Å². The van der Waals surface area contributed by atoms with Crippen molar-refractivity contribution in [2.24, 2.45) is 0 Å². The zero-order valence-electron chi connectivity index (χ0n) is 17.0. The monoisotopic (exact) mass is 403 g/mol. The molecule has 3 rings (SSSR count). The van der Waals surface area contributed by atoms with Crippen molar-refractivity contribution >= 4 is 23.8 Å². The molecule has 1 saturated heterocycles. The van der Waals surface area contributed by atoms with Gasteiger partial charge in [-0.05, 0) is 39.8 Å². The predicted molar refractivity (Wildman–Crippen MR) is 102 cm³/mol. The lowest BCUT2D eigenvalue weighted by molar-refractivity contribution is -0.144. The summed E-state index contributed by atoms with van der Waals surface area (Å²) in [5.74, 6) is -1.05. The number of hydrogen-bond donors (Lipinski definition) is 1. The lowest BCUT2D eigenvalue weighted by Gasteiger charge is -2.18. The molecule has 1 aromatic rings. The molecule has 156 valence electrons. The van der Waals surface area contributed by atoms with Crippen molar-refractivity contribution in [3.63, 3.8) is 0 Å². The van der Waals surface area contributed by atoms with Gasteiger partial charge in [-0.15, -0.1) is 0 Å². The molecule has 5 amide bonds. The highest BCUT2D eigenvalue weighted by atomic mass is 16.5. The van der Waals surface area contributed by atoms with Crippen LogP contribution in [0.4, 0.5) is 4.79 Å². The number of carbonyl (C=O) groups excluding carboxylic acids is 4. The summed E-state index contributed by atoms with van der Waals surface area (Å²) in [5, 5.41) is 2.68. The highest BCUT2D eigenvalue weighted by molar-refractivity contribution is 6.45. The Labute approximate surface area is 168 Å². The Morgan fingerprint density at radius 1 is 1.28 bits per heavy atom. The maximum Gasteiger partial charge on any atom is 0.334 e. The molecule has 2 aliphatic heterocycles. The van der Waals surface area contributed by atoms with Crippen molar-refractivity contribution in [2.75, 3.05) is 13.2 Å². The number of ether oxygens (including phenoxy) is 2. The fourth-order valence-electron chi connectivity index (χ4n) is 3.42. The molecule has 9 heteroatoms. The third kappa shape index (κ3) is 4.03. The Morgan fingerprint density at radius 2 is 2.00 bits per heavy atom. The van der Waals surface area contributed by atoms with E-state index in [-0.39, 0.29) is 12.6 Å². The number of urea groups is 1. The predicted octanol–water partition coefficient (Wildman–Crippen LogP) is 1.22. The first kappa shape index (κ1) is 20.6. The maximum absolute atomic E-state index is 12.3. The minimum absolute atomic E-state index is 0.0814. The summed E-state index contributed by atoms with van der Waals surface area (Å²) in [6.45, 7) is 7.19. The van der Waals surface area contributed by atoms with E-state index in [1.165, 1.54) is 0 Å². The maximum atomic E-state index is 12.3. The van der Waals surface area contributed by atoms with Crippen molar-refractivity contribution in [3.05, 3.63) is 23.3 Å². The van der Waals surface area contributed by atoms with Gasteiger partial charge in [-0.3, -0.25) is 19.3 Å². The summed E-state index contributed by atoms with van der Waals surface area (Å²) in [5.41, 5.74) is 1.78. The van der Waals surface area contributed by atoms with Crippen molar-refractivity contribution in [1.29, 1.82) is 0 Å². The fourth-order valence-corrected chi connectivity index (χ4v) is 3.42. The van der Waals surface area contributed by atoms with Gasteiger partial charge in [-0.2, -0.15) is 0 Å². The highest BCUT2D eigenvalue weighted by Gasteiger charge is 2.46. The zero-order valence-corrected chi connectivity index (χ0v) is 17.0. The topological polar surface area (TPSA) is 105 Å². The van der Waals surface area contributed by atoms with Crippen LogP contribution in [-0.4, -0.2) is 58.8 Å². The Morgan fingerprint density at radius 3 is 2.62 bits per heavy atom. The molecule has 9 nitrogen and oxygen atoms in total. The number of nitrogens with zero attached hydrogens (tertiary/aromatic N) is 2. The number of carbonyl (C=O) groups is 4. The van der Waals surface area contributed by atoms with E-state index in [1.807, 2.05) is 26.0 Å². The molecule has 0 unspecified atom stereocenters. The molecule has 1 aromatic carbocycles. The van der Waals surface area contributed by atoms with Gasteiger partial charge in [0.05, 0.1) is 6.61 Å². The molecule has 2 heterocycles. The SMILES string of the molecule is CCOc1cc2c(cc1CNC(=O)CN1C(=O)C(=O)N(C(C)C)C1=O)O[C@H](C)C2. The molecular formula is C20H25N3O6. The molecule has 1 N–H and O–H groups in total. The Hall–Kier alpha value is -3.10. The van der Waals surface area contributed by atoms with Crippen LogP contribution in [-0.2, 0) is 27.3 Å². The van der Waals surface area contributed by atoms with Crippen molar-refractivity contribution in [1.82, 2.24) is 15.1 Å². The first-order chi connectivity index (χ1) is 13.7.